The lowest BCUT2D eigenvalue weighted by Gasteiger charge is -2.27. The molecule has 2 aromatic carbocycles. The molecule has 0 saturated carbocycles. The van der Waals surface area contributed by atoms with E-state index in [0.29, 0.717) is 44.2 Å². The highest BCUT2D eigenvalue weighted by molar-refractivity contribution is 5.92. The van der Waals surface area contributed by atoms with Crippen LogP contribution >= 0.6 is 0 Å². The minimum absolute atomic E-state index is 0.00935. The van der Waals surface area contributed by atoms with Crippen LogP contribution in [0.15, 0.2) is 48.5 Å². The second-order valence-corrected chi connectivity index (χ2v) is 7.70. The minimum atomic E-state index is -4.42. The zero-order chi connectivity index (χ0) is 24.3. The summed E-state index contributed by atoms with van der Waals surface area (Å²) in [7, 11) is 0. The molecule has 0 spiro atoms. The Morgan fingerprint density at radius 2 is 1.71 bits per heavy atom. The van der Waals surface area contributed by atoms with Crippen LogP contribution in [0.4, 0.5) is 19.0 Å². The van der Waals surface area contributed by atoms with Crippen LogP contribution in [0, 0.1) is 0 Å². The fraction of sp³-hybridized carbons (Fsp3) is 0.261. The van der Waals surface area contributed by atoms with Crippen LogP contribution in [0.1, 0.15) is 21.6 Å². The lowest BCUT2D eigenvalue weighted by atomic mass is 10.0. The highest BCUT2D eigenvalue weighted by Crippen LogP contribution is 2.33. The normalized spacial score (nSPS) is 14.7. The number of hydrogen-bond donors (Lipinski definition) is 2. The van der Waals surface area contributed by atoms with Gasteiger partial charge in [-0.3, -0.25) is 9.69 Å². The van der Waals surface area contributed by atoms with Crippen LogP contribution in [0.2, 0.25) is 0 Å². The Labute approximate surface area is 193 Å². The highest BCUT2D eigenvalue weighted by atomic mass is 19.4. The van der Waals surface area contributed by atoms with Crippen molar-refractivity contribution in [1.82, 2.24) is 14.9 Å². The maximum Gasteiger partial charge on any atom is 0.416 e. The second-order valence-electron chi connectivity index (χ2n) is 7.70. The van der Waals surface area contributed by atoms with Gasteiger partial charge in [0.1, 0.15) is 23.0 Å². The number of aromatic nitrogens is 2. The van der Waals surface area contributed by atoms with Crippen molar-refractivity contribution in [1.29, 1.82) is 0 Å². The summed E-state index contributed by atoms with van der Waals surface area (Å²) in [5.74, 6) is 0.284. The van der Waals surface area contributed by atoms with Crippen LogP contribution in [0.25, 0.3) is 11.4 Å². The Kier molecular flexibility index (Phi) is 6.66. The fourth-order valence-electron chi connectivity index (χ4n) is 3.54. The number of nitrogen functional groups attached to an aromatic ring is 1. The Morgan fingerprint density at radius 3 is 2.35 bits per heavy atom. The Balaban J connectivity index is 1.67. The van der Waals surface area contributed by atoms with E-state index in [-0.39, 0.29) is 23.1 Å². The van der Waals surface area contributed by atoms with Crippen molar-refractivity contribution >= 4 is 11.7 Å². The molecule has 1 saturated heterocycles. The van der Waals surface area contributed by atoms with Gasteiger partial charge in [-0.2, -0.15) is 13.2 Å². The minimum Gasteiger partial charge on any atom is -0.457 e. The maximum atomic E-state index is 12.8. The molecule has 0 radical (unpaired) electrons. The van der Waals surface area contributed by atoms with Gasteiger partial charge < -0.3 is 20.9 Å². The molecule has 0 atom stereocenters. The number of carbonyl (C=O) groups excluding carboxylic acids is 1. The molecule has 1 amide bonds. The fourth-order valence-corrected chi connectivity index (χ4v) is 3.54. The monoisotopic (exact) mass is 473 g/mol. The van der Waals surface area contributed by atoms with Crippen LogP contribution in [-0.4, -0.2) is 47.1 Å². The van der Waals surface area contributed by atoms with E-state index in [1.165, 1.54) is 18.2 Å². The van der Waals surface area contributed by atoms with Gasteiger partial charge in [0.2, 0.25) is 0 Å². The van der Waals surface area contributed by atoms with Gasteiger partial charge in [0.05, 0.1) is 18.8 Å². The van der Waals surface area contributed by atoms with Crippen molar-refractivity contribution < 1.29 is 27.4 Å². The Bertz CT molecular complexity index is 1180. The van der Waals surface area contributed by atoms with Crippen molar-refractivity contribution in [3.05, 3.63) is 65.4 Å². The standard InChI is InChI=1S/C23H22F3N5O3/c24-23(25,26)15-1-3-16(4-2-15)34-17-5-6-18(14(11-17)13-31-7-9-33-10-8-31)22-29-19(21(28)32)12-20(27)30-22/h1-6,11-12H,7-10,13H2,(H2,28,32)(H2,27,29,30). The Morgan fingerprint density at radius 1 is 1.03 bits per heavy atom. The summed E-state index contributed by atoms with van der Waals surface area (Å²) >= 11 is 0. The van der Waals surface area contributed by atoms with Gasteiger partial charge in [-0.15, -0.1) is 0 Å². The first-order valence-corrected chi connectivity index (χ1v) is 10.4. The van der Waals surface area contributed by atoms with Gasteiger partial charge in [-0.1, -0.05) is 0 Å². The predicted molar refractivity (Wildman–Crippen MR) is 118 cm³/mol. The topological polar surface area (TPSA) is 117 Å². The summed E-state index contributed by atoms with van der Waals surface area (Å²) in [6.07, 6.45) is -4.42. The number of carbonyl (C=O) groups is 1. The van der Waals surface area contributed by atoms with E-state index < -0.39 is 17.6 Å². The number of anilines is 1. The first-order valence-electron chi connectivity index (χ1n) is 10.4. The number of rotatable bonds is 6. The molecule has 11 heteroatoms. The summed E-state index contributed by atoms with van der Waals surface area (Å²) in [5.41, 5.74) is 11.9. The van der Waals surface area contributed by atoms with Crippen LogP contribution in [-0.2, 0) is 17.5 Å². The van der Waals surface area contributed by atoms with Gasteiger partial charge in [0.25, 0.3) is 5.91 Å². The number of morpholine rings is 1. The molecule has 0 unspecified atom stereocenters. The maximum absolute atomic E-state index is 12.8. The van der Waals surface area contributed by atoms with E-state index in [9.17, 15) is 18.0 Å². The van der Waals surface area contributed by atoms with Crippen molar-refractivity contribution in [2.24, 2.45) is 5.73 Å². The molecule has 4 N–H and O–H groups in total. The van der Waals surface area contributed by atoms with Gasteiger partial charge in [-0.05, 0) is 48.0 Å². The number of halogens is 3. The lowest BCUT2D eigenvalue weighted by molar-refractivity contribution is -0.137. The van der Waals surface area contributed by atoms with E-state index in [1.54, 1.807) is 18.2 Å². The number of primary amides is 1. The van der Waals surface area contributed by atoms with E-state index in [4.69, 9.17) is 20.9 Å². The molecule has 1 aliphatic heterocycles. The number of ether oxygens (including phenoxy) is 2. The summed E-state index contributed by atoms with van der Waals surface area (Å²) < 4.78 is 49.7. The average Bonchev–Trinajstić information content (AvgIpc) is 2.79. The molecule has 178 valence electrons. The molecule has 34 heavy (non-hydrogen) atoms. The third kappa shape index (κ3) is 5.61. The van der Waals surface area contributed by atoms with Gasteiger partial charge >= 0.3 is 6.18 Å². The molecule has 1 fully saturated rings. The summed E-state index contributed by atoms with van der Waals surface area (Å²) in [6, 6.07) is 10.9. The van der Waals surface area contributed by atoms with Crippen LogP contribution in [0.5, 0.6) is 11.5 Å². The third-order valence-corrected chi connectivity index (χ3v) is 5.23. The van der Waals surface area contributed by atoms with E-state index in [1.807, 2.05) is 0 Å². The molecule has 3 aromatic rings. The average molecular weight is 473 g/mol. The number of hydrogen-bond acceptors (Lipinski definition) is 7. The third-order valence-electron chi connectivity index (χ3n) is 5.23. The number of nitrogens with zero attached hydrogens (tertiary/aromatic N) is 3. The van der Waals surface area contributed by atoms with E-state index >= 15 is 0 Å². The van der Waals surface area contributed by atoms with Crippen molar-refractivity contribution in [2.75, 3.05) is 32.0 Å². The second kappa shape index (κ2) is 9.65. The van der Waals surface area contributed by atoms with Gasteiger partial charge in [-0.25, -0.2) is 9.97 Å². The smallest absolute Gasteiger partial charge is 0.416 e. The summed E-state index contributed by atoms with van der Waals surface area (Å²) in [4.78, 5) is 22.3. The van der Waals surface area contributed by atoms with E-state index in [0.717, 1.165) is 17.7 Å². The number of benzene rings is 2. The number of amides is 1. The first kappa shape index (κ1) is 23.5. The van der Waals surface area contributed by atoms with Crippen molar-refractivity contribution in [3.8, 4) is 22.9 Å². The molecule has 4 rings (SSSR count). The van der Waals surface area contributed by atoms with E-state index in [2.05, 4.69) is 14.9 Å². The molecular formula is C23H22F3N5O3. The first-order chi connectivity index (χ1) is 16.2. The predicted octanol–water partition coefficient (Wildman–Crippen LogP) is 3.47. The zero-order valence-electron chi connectivity index (χ0n) is 18.0. The number of nitrogens with two attached hydrogens (primary N) is 2. The summed E-state index contributed by atoms with van der Waals surface area (Å²) in [5, 5.41) is 0. The zero-order valence-corrected chi connectivity index (χ0v) is 18.0. The van der Waals surface area contributed by atoms with Crippen molar-refractivity contribution in [3.63, 3.8) is 0 Å². The molecule has 1 aliphatic rings. The van der Waals surface area contributed by atoms with Crippen LogP contribution in [0.3, 0.4) is 0 Å². The lowest BCUT2D eigenvalue weighted by Crippen LogP contribution is -2.35. The molecule has 1 aromatic heterocycles. The van der Waals surface area contributed by atoms with Gasteiger partial charge in [0.15, 0.2) is 5.82 Å². The highest BCUT2D eigenvalue weighted by Gasteiger charge is 2.30. The SMILES string of the molecule is NC(=O)c1cc(N)nc(-c2ccc(Oc3ccc(C(F)(F)F)cc3)cc2CN2CCOCC2)n1. The van der Waals surface area contributed by atoms with Crippen LogP contribution < -0.4 is 16.2 Å². The molecule has 8 nitrogen and oxygen atoms in total. The summed E-state index contributed by atoms with van der Waals surface area (Å²) in [6.45, 7) is 3.13. The number of alkyl halides is 3. The quantitative estimate of drug-likeness (QED) is 0.563. The molecular weight excluding hydrogens is 451 g/mol. The largest absolute Gasteiger partial charge is 0.457 e. The Hall–Kier alpha value is -3.70. The molecule has 0 bridgehead atoms. The molecule has 2 heterocycles. The van der Waals surface area contributed by atoms with Gasteiger partial charge in [0, 0.05) is 31.3 Å². The van der Waals surface area contributed by atoms with Crippen molar-refractivity contribution in [2.45, 2.75) is 12.7 Å². The molecule has 0 aliphatic carbocycles.